The van der Waals surface area contributed by atoms with Crippen molar-refractivity contribution in [3.05, 3.63) is 30.0 Å². The Morgan fingerprint density at radius 2 is 2.20 bits per heavy atom. The van der Waals surface area contributed by atoms with Crippen LogP contribution in [-0.4, -0.2) is 11.1 Å². The molecule has 80 valence electrons. The zero-order valence-electron chi connectivity index (χ0n) is 9.25. The monoisotopic (exact) mass is 203 g/mol. The highest BCUT2D eigenvalue weighted by molar-refractivity contribution is 5.94. The van der Waals surface area contributed by atoms with E-state index in [0.29, 0.717) is 0 Å². The minimum atomic E-state index is 0.862. The molecule has 15 heavy (non-hydrogen) atoms. The van der Waals surface area contributed by atoms with Crippen LogP contribution >= 0.6 is 0 Å². The Morgan fingerprint density at radius 1 is 1.40 bits per heavy atom. The molecule has 0 spiro atoms. The van der Waals surface area contributed by atoms with E-state index in [9.17, 15) is 0 Å². The standard InChI is InChI=1S/C12H17N3/c1-3-14-7-9-8-15(2)11-6-4-5-10(13)12(9)11/h4-6,8,14H,3,7,13H2,1-2H3. The van der Waals surface area contributed by atoms with Gasteiger partial charge in [-0.1, -0.05) is 13.0 Å². The lowest BCUT2D eigenvalue weighted by Gasteiger charge is -2.02. The van der Waals surface area contributed by atoms with Gasteiger partial charge in [0.1, 0.15) is 0 Å². The van der Waals surface area contributed by atoms with Gasteiger partial charge in [-0.2, -0.15) is 0 Å². The van der Waals surface area contributed by atoms with Crippen molar-refractivity contribution in [3.8, 4) is 0 Å². The molecule has 0 saturated carbocycles. The summed E-state index contributed by atoms with van der Waals surface area (Å²) in [6, 6.07) is 6.05. The molecule has 0 amide bonds. The summed E-state index contributed by atoms with van der Waals surface area (Å²) in [5.41, 5.74) is 9.33. The third-order valence-electron chi connectivity index (χ3n) is 2.69. The number of fused-ring (bicyclic) bond motifs is 1. The summed E-state index contributed by atoms with van der Waals surface area (Å²) in [6.45, 7) is 3.96. The summed E-state index contributed by atoms with van der Waals surface area (Å²) in [6.07, 6.45) is 2.14. The van der Waals surface area contributed by atoms with E-state index in [1.54, 1.807) is 0 Å². The molecule has 0 fully saturated rings. The zero-order chi connectivity index (χ0) is 10.8. The molecule has 0 saturated heterocycles. The van der Waals surface area contributed by atoms with E-state index >= 15 is 0 Å². The molecule has 0 bridgehead atoms. The quantitative estimate of drug-likeness (QED) is 0.748. The van der Waals surface area contributed by atoms with Crippen LogP contribution in [0, 0.1) is 0 Å². The van der Waals surface area contributed by atoms with Gasteiger partial charge in [-0.15, -0.1) is 0 Å². The first-order valence-corrected chi connectivity index (χ1v) is 5.27. The number of anilines is 1. The van der Waals surface area contributed by atoms with Gasteiger partial charge in [0.05, 0.1) is 5.52 Å². The Hall–Kier alpha value is -1.48. The summed E-state index contributed by atoms with van der Waals surface area (Å²) in [7, 11) is 2.05. The van der Waals surface area contributed by atoms with Gasteiger partial charge < -0.3 is 15.6 Å². The normalized spacial score (nSPS) is 11.1. The van der Waals surface area contributed by atoms with Crippen LogP contribution in [0.3, 0.4) is 0 Å². The number of nitrogen functional groups attached to an aromatic ring is 1. The molecule has 0 radical (unpaired) electrons. The van der Waals surface area contributed by atoms with Crippen LogP contribution in [0.4, 0.5) is 5.69 Å². The fraction of sp³-hybridized carbons (Fsp3) is 0.333. The maximum Gasteiger partial charge on any atom is 0.0501 e. The maximum atomic E-state index is 6.00. The van der Waals surface area contributed by atoms with Crippen LogP contribution in [0.25, 0.3) is 10.9 Å². The number of rotatable bonds is 3. The van der Waals surface area contributed by atoms with Crippen molar-refractivity contribution < 1.29 is 0 Å². The molecule has 0 aliphatic carbocycles. The number of nitrogens with one attached hydrogen (secondary N) is 1. The van der Waals surface area contributed by atoms with E-state index in [1.165, 1.54) is 16.5 Å². The number of benzene rings is 1. The predicted octanol–water partition coefficient (Wildman–Crippen LogP) is 1.87. The zero-order valence-corrected chi connectivity index (χ0v) is 9.25. The fourth-order valence-electron chi connectivity index (χ4n) is 1.96. The number of hydrogen-bond acceptors (Lipinski definition) is 2. The van der Waals surface area contributed by atoms with Crippen LogP contribution in [0.15, 0.2) is 24.4 Å². The van der Waals surface area contributed by atoms with Crippen molar-refractivity contribution in [3.63, 3.8) is 0 Å². The molecule has 1 heterocycles. The molecule has 1 aromatic heterocycles. The molecule has 2 rings (SSSR count). The highest BCUT2D eigenvalue weighted by atomic mass is 14.9. The average molecular weight is 203 g/mol. The molecule has 3 N–H and O–H groups in total. The SMILES string of the molecule is CCNCc1cn(C)c2cccc(N)c12. The van der Waals surface area contributed by atoms with Crippen LogP contribution in [0.1, 0.15) is 12.5 Å². The van der Waals surface area contributed by atoms with Gasteiger partial charge in [0.2, 0.25) is 0 Å². The van der Waals surface area contributed by atoms with Gasteiger partial charge in [-0.05, 0) is 24.2 Å². The van der Waals surface area contributed by atoms with Crippen LogP contribution < -0.4 is 11.1 Å². The third-order valence-corrected chi connectivity index (χ3v) is 2.69. The summed E-state index contributed by atoms with van der Waals surface area (Å²) < 4.78 is 2.12. The molecular weight excluding hydrogens is 186 g/mol. The van der Waals surface area contributed by atoms with E-state index in [1.807, 2.05) is 12.1 Å². The van der Waals surface area contributed by atoms with Gasteiger partial charge in [0.15, 0.2) is 0 Å². The summed E-state index contributed by atoms with van der Waals surface area (Å²) >= 11 is 0. The number of hydrogen-bond donors (Lipinski definition) is 2. The van der Waals surface area contributed by atoms with Gasteiger partial charge in [0, 0.05) is 30.9 Å². The Bertz CT molecular complexity index is 471. The second-order valence-corrected chi connectivity index (χ2v) is 3.79. The van der Waals surface area contributed by atoms with Crippen molar-refractivity contribution in [1.82, 2.24) is 9.88 Å². The van der Waals surface area contributed by atoms with E-state index in [4.69, 9.17) is 5.73 Å². The molecule has 1 aromatic carbocycles. The van der Waals surface area contributed by atoms with Gasteiger partial charge >= 0.3 is 0 Å². The lowest BCUT2D eigenvalue weighted by molar-refractivity contribution is 0.727. The highest BCUT2D eigenvalue weighted by Crippen LogP contribution is 2.26. The second kappa shape index (κ2) is 3.95. The summed E-state index contributed by atoms with van der Waals surface area (Å²) in [5, 5.41) is 4.51. The fourth-order valence-corrected chi connectivity index (χ4v) is 1.96. The summed E-state index contributed by atoms with van der Waals surface area (Å²) in [5.74, 6) is 0. The van der Waals surface area contributed by atoms with Crippen molar-refractivity contribution in [1.29, 1.82) is 0 Å². The molecule has 0 aliphatic heterocycles. The minimum absolute atomic E-state index is 0.862. The molecule has 2 aromatic rings. The Kier molecular flexibility index (Phi) is 2.64. The van der Waals surface area contributed by atoms with Crippen LogP contribution in [-0.2, 0) is 13.6 Å². The minimum Gasteiger partial charge on any atom is -0.398 e. The highest BCUT2D eigenvalue weighted by Gasteiger charge is 2.07. The van der Waals surface area contributed by atoms with E-state index in [0.717, 1.165) is 18.8 Å². The maximum absolute atomic E-state index is 6.00. The number of aromatic nitrogens is 1. The first kappa shape index (κ1) is 10.1. The Labute approximate surface area is 89.9 Å². The predicted molar refractivity (Wildman–Crippen MR) is 64.7 cm³/mol. The van der Waals surface area contributed by atoms with Crippen LogP contribution in [0.2, 0.25) is 0 Å². The van der Waals surface area contributed by atoms with Gasteiger partial charge in [-0.3, -0.25) is 0 Å². The third kappa shape index (κ3) is 1.70. The molecule has 0 unspecified atom stereocenters. The smallest absolute Gasteiger partial charge is 0.0501 e. The van der Waals surface area contributed by atoms with Crippen molar-refractivity contribution in [2.75, 3.05) is 12.3 Å². The number of aryl methyl sites for hydroxylation is 1. The number of nitrogens with zero attached hydrogens (tertiary/aromatic N) is 1. The van der Waals surface area contributed by atoms with Crippen LogP contribution in [0.5, 0.6) is 0 Å². The van der Waals surface area contributed by atoms with E-state index < -0.39 is 0 Å². The first-order valence-electron chi connectivity index (χ1n) is 5.27. The second-order valence-electron chi connectivity index (χ2n) is 3.79. The van der Waals surface area contributed by atoms with Gasteiger partial charge in [-0.25, -0.2) is 0 Å². The average Bonchev–Trinajstić information content (AvgIpc) is 2.55. The van der Waals surface area contributed by atoms with E-state index in [-0.39, 0.29) is 0 Å². The molecule has 3 nitrogen and oxygen atoms in total. The Balaban J connectivity index is 2.54. The van der Waals surface area contributed by atoms with Crippen molar-refractivity contribution >= 4 is 16.6 Å². The molecule has 0 atom stereocenters. The van der Waals surface area contributed by atoms with Gasteiger partial charge in [0.25, 0.3) is 0 Å². The first-order chi connectivity index (χ1) is 7.24. The van der Waals surface area contributed by atoms with Crippen molar-refractivity contribution in [2.24, 2.45) is 7.05 Å². The van der Waals surface area contributed by atoms with E-state index in [2.05, 4.69) is 36.1 Å². The lowest BCUT2D eigenvalue weighted by atomic mass is 10.1. The molecular formula is C12H17N3. The number of nitrogens with two attached hydrogens (primary N) is 1. The van der Waals surface area contributed by atoms with Crippen molar-refractivity contribution in [2.45, 2.75) is 13.5 Å². The summed E-state index contributed by atoms with van der Waals surface area (Å²) in [4.78, 5) is 0. The topological polar surface area (TPSA) is 43.0 Å². The lowest BCUT2D eigenvalue weighted by Crippen LogP contribution is -2.11. The largest absolute Gasteiger partial charge is 0.398 e. The molecule has 3 heteroatoms. The Morgan fingerprint density at radius 3 is 2.93 bits per heavy atom. The molecule has 0 aliphatic rings.